The van der Waals surface area contributed by atoms with Crippen molar-refractivity contribution in [2.75, 3.05) is 5.32 Å². The number of benzene rings is 1. The number of rotatable bonds is 4. The normalized spacial score (nSPS) is 17.6. The molecule has 21 heavy (non-hydrogen) atoms. The van der Waals surface area contributed by atoms with E-state index in [1.807, 2.05) is 6.07 Å². The van der Waals surface area contributed by atoms with E-state index in [1.165, 1.54) is 10.4 Å². The van der Waals surface area contributed by atoms with Crippen LogP contribution in [0.5, 0.6) is 5.75 Å². The standard InChI is InChI=1S/C15H14BrF2NOS/c16-14-8-9-10(5-3-7-13(9)21-14)19-11-4-1-2-6-12(11)20-15(17)18/h1-2,4,6,8,10,15,19H,3,5,7H2. The minimum Gasteiger partial charge on any atom is -0.433 e. The van der Waals surface area contributed by atoms with E-state index in [2.05, 4.69) is 32.0 Å². The van der Waals surface area contributed by atoms with E-state index in [0.717, 1.165) is 23.0 Å². The molecule has 0 aliphatic heterocycles. The maximum atomic E-state index is 12.5. The van der Waals surface area contributed by atoms with Gasteiger partial charge in [-0.25, -0.2) is 0 Å². The molecule has 0 radical (unpaired) electrons. The number of para-hydroxylation sites is 2. The zero-order valence-electron chi connectivity index (χ0n) is 11.1. The lowest BCUT2D eigenvalue weighted by molar-refractivity contribution is -0.0493. The molecule has 0 saturated carbocycles. The first kappa shape index (κ1) is 14.8. The van der Waals surface area contributed by atoms with E-state index in [9.17, 15) is 8.78 Å². The first-order chi connectivity index (χ1) is 10.1. The number of thiophene rings is 1. The van der Waals surface area contributed by atoms with Crippen LogP contribution in [0.15, 0.2) is 34.1 Å². The Kier molecular flexibility index (Phi) is 4.45. The SMILES string of the molecule is FC(F)Oc1ccccc1NC1CCCc2sc(Br)cc21. The molecule has 112 valence electrons. The largest absolute Gasteiger partial charge is 0.433 e. The number of halogens is 3. The molecular weight excluding hydrogens is 360 g/mol. The van der Waals surface area contributed by atoms with Crippen molar-refractivity contribution >= 4 is 33.0 Å². The molecular formula is C15H14BrF2NOS. The molecule has 2 aromatic rings. The number of anilines is 1. The lowest BCUT2D eigenvalue weighted by Crippen LogP contribution is -2.16. The molecule has 0 saturated heterocycles. The van der Waals surface area contributed by atoms with Gasteiger partial charge in [0.15, 0.2) is 0 Å². The van der Waals surface area contributed by atoms with Crippen LogP contribution in [0.3, 0.4) is 0 Å². The van der Waals surface area contributed by atoms with Crippen LogP contribution in [0.4, 0.5) is 14.5 Å². The summed E-state index contributed by atoms with van der Waals surface area (Å²) in [4.78, 5) is 1.36. The van der Waals surface area contributed by atoms with Crippen molar-refractivity contribution in [3.05, 3.63) is 44.6 Å². The lowest BCUT2D eigenvalue weighted by Gasteiger charge is -2.25. The van der Waals surface area contributed by atoms with Gasteiger partial charge in [0, 0.05) is 4.88 Å². The molecule has 3 rings (SSSR count). The smallest absolute Gasteiger partial charge is 0.387 e. The van der Waals surface area contributed by atoms with Gasteiger partial charge in [-0.05, 0) is 59.0 Å². The van der Waals surface area contributed by atoms with Gasteiger partial charge < -0.3 is 10.1 Å². The van der Waals surface area contributed by atoms with Gasteiger partial charge in [-0.15, -0.1) is 11.3 Å². The Labute approximate surface area is 134 Å². The molecule has 2 nitrogen and oxygen atoms in total. The Bertz CT molecular complexity index is 632. The van der Waals surface area contributed by atoms with Crippen molar-refractivity contribution in [3.8, 4) is 5.75 Å². The maximum Gasteiger partial charge on any atom is 0.387 e. The van der Waals surface area contributed by atoms with Gasteiger partial charge >= 0.3 is 6.61 Å². The molecule has 0 fully saturated rings. The van der Waals surface area contributed by atoms with E-state index < -0.39 is 6.61 Å². The lowest BCUT2D eigenvalue weighted by atomic mass is 9.94. The molecule has 1 aliphatic rings. The minimum absolute atomic E-state index is 0.138. The minimum atomic E-state index is -2.81. The summed E-state index contributed by atoms with van der Waals surface area (Å²) in [5.41, 5.74) is 1.86. The molecule has 1 atom stereocenters. The first-order valence-electron chi connectivity index (χ1n) is 6.72. The molecule has 1 aliphatic carbocycles. The van der Waals surface area contributed by atoms with Gasteiger partial charge in [-0.1, -0.05) is 12.1 Å². The quantitative estimate of drug-likeness (QED) is 0.752. The fourth-order valence-corrected chi connectivity index (χ4v) is 4.46. The molecule has 0 spiro atoms. The average Bonchev–Trinajstić information content (AvgIpc) is 2.82. The monoisotopic (exact) mass is 373 g/mol. The van der Waals surface area contributed by atoms with E-state index in [4.69, 9.17) is 0 Å². The van der Waals surface area contributed by atoms with E-state index in [0.29, 0.717) is 5.69 Å². The van der Waals surface area contributed by atoms with Gasteiger partial charge in [0.1, 0.15) is 5.75 Å². The van der Waals surface area contributed by atoms with Crippen LogP contribution in [-0.2, 0) is 6.42 Å². The summed E-state index contributed by atoms with van der Waals surface area (Å²) in [5, 5.41) is 3.35. The fraction of sp³-hybridized carbons (Fsp3) is 0.333. The zero-order valence-corrected chi connectivity index (χ0v) is 13.5. The first-order valence-corrected chi connectivity index (χ1v) is 8.33. The molecule has 1 heterocycles. The van der Waals surface area contributed by atoms with Crippen LogP contribution >= 0.6 is 27.3 Å². The van der Waals surface area contributed by atoms with Gasteiger partial charge in [-0.2, -0.15) is 8.78 Å². The average molecular weight is 374 g/mol. The van der Waals surface area contributed by atoms with Crippen molar-refractivity contribution in [2.45, 2.75) is 31.9 Å². The third kappa shape index (κ3) is 3.37. The Morgan fingerprint density at radius 2 is 2.14 bits per heavy atom. The van der Waals surface area contributed by atoms with Gasteiger partial charge in [-0.3, -0.25) is 0 Å². The van der Waals surface area contributed by atoms with E-state index in [1.54, 1.807) is 29.5 Å². The molecule has 6 heteroatoms. The van der Waals surface area contributed by atoms with Crippen molar-refractivity contribution in [2.24, 2.45) is 0 Å². The summed E-state index contributed by atoms with van der Waals surface area (Å²) in [6.45, 7) is -2.81. The van der Waals surface area contributed by atoms with Crippen LogP contribution in [0, 0.1) is 0 Å². The van der Waals surface area contributed by atoms with Crippen LogP contribution in [0.1, 0.15) is 29.3 Å². The number of ether oxygens (including phenoxy) is 1. The highest BCUT2D eigenvalue weighted by Crippen LogP contribution is 2.40. The van der Waals surface area contributed by atoms with Gasteiger partial charge in [0.25, 0.3) is 0 Å². The number of alkyl halides is 2. The summed E-state index contributed by atoms with van der Waals surface area (Å²) in [6, 6.07) is 9.09. The van der Waals surface area contributed by atoms with Crippen molar-refractivity contribution in [1.82, 2.24) is 0 Å². The predicted molar refractivity (Wildman–Crippen MR) is 84.4 cm³/mol. The Balaban J connectivity index is 1.84. The molecule has 1 aromatic carbocycles. The highest BCUT2D eigenvalue weighted by Gasteiger charge is 2.23. The Hall–Kier alpha value is -1.14. The Morgan fingerprint density at radius 1 is 1.33 bits per heavy atom. The summed E-state index contributed by atoms with van der Waals surface area (Å²) in [6.07, 6.45) is 3.16. The van der Waals surface area contributed by atoms with Crippen molar-refractivity contribution in [3.63, 3.8) is 0 Å². The summed E-state index contributed by atoms with van der Waals surface area (Å²) >= 11 is 5.26. The number of fused-ring (bicyclic) bond motifs is 1. The molecule has 1 unspecified atom stereocenters. The summed E-state index contributed by atoms with van der Waals surface area (Å²) < 4.78 is 30.6. The third-order valence-corrected chi connectivity index (χ3v) is 5.23. The third-order valence-electron chi connectivity index (χ3n) is 3.52. The predicted octanol–water partition coefficient (Wildman–Crippen LogP) is 5.60. The summed E-state index contributed by atoms with van der Waals surface area (Å²) in [7, 11) is 0. The molecule has 1 N–H and O–H groups in total. The van der Waals surface area contributed by atoms with Gasteiger partial charge in [0.2, 0.25) is 0 Å². The molecule has 1 aromatic heterocycles. The van der Waals surface area contributed by atoms with Gasteiger partial charge in [0.05, 0.1) is 15.5 Å². The Morgan fingerprint density at radius 3 is 2.95 bits per heavy atom. The number of hydrogen-bond acceptors (Lipinski definition) is 3. The number of hydrogen-bond donors (Lipinski definition) is 1. The second kappa shape index (κ2) is 6.32. The highest BCUT2D eigenvalue weighted by molar-refractivity contribution is 9.11. The topological polar surface area (TPSA) is 21.3 Å². The maximum absolute atomic E-state index is 12.5. The molecule has 0 amide bonds. The second-order valence-corrected chi connectivity index (χ2v) is 7.41. The van der Waals surface area contributed by atoms with Crippen LogP contribution in [0.2, 0.25) is 0 Å². The van der Waals surface area contributed by atoms with Crippen molar-refractivity contribution in [1.29, 1.82) is 0 Å². The molecule has 0 bridgehead atoms. The van der Waals surface area contributed by atoms with Crippen LogP contribution in [-0.4, -0.2) is 6.61 Å². The number of aryl methyl sites for hydroxylation is 1. The fourth-order valence-electron chi connectivity index (χ4n) is 2.64. The van der Waals surface area contributed by atoms with Crippen LogP contribution in [0.25, 0.3) is 0 Å². The second-order valence-electron chi connectivity index (χ2n) is 4.89. The van der Waals surface area contributed by atoms with E-state index >= 15 is 0 Å². The summed E-state index contributed by atoms with van der Waals surface area (Å²) in [5.74, 6) is 0.189. The zero-order chi connectivity index (χ0) is 14.8. The van der Waals surface area contributed by atoms with E-state index in [-0.39, 0.29) is 11.8 Å². The van der Waals surface area contributed by atoms with Crippen LogP contribution < -0.4 is 10.1 Å². The number of nitrogens with one attached hydrogen (secondary N) is 1. The highest BCUT2D eigenvalue weighted by atomic mass is 79.9. The van der Waals surface area contributed by atoms with Crippen molar-refractivity contribution < 1.29 is 13.5 Å².